The molecular weight excluding hydrogens is 426 g/mol. The molecule has 2 amide bonds. The highest BCUT2D eigenvalue weighted by Gasteiger charge is 2.36. The van der Waals surface area contributed by atoms with Crippen LogP contribution in [0.25, 0.3) is 0 Å². The highest BCUT2D eigenvalue weighted by molar-refractivity contribution is 6.04. The van der Waals surface area contributed by atoms with E-state index in [0.29, 0.717) is 48.2 Å². The van der Waals surface area contributed by atoms with Crippen molar-refractivity contribution < 1.29 is 19.1 Å². The zero-order chi connectivity index (χ0) is 23.1. The number of aromatic nitrogens is 2. The van der Waals surface area contributed by atoms with Gasteiger partial charge in [0.15, 0.2) is 11.5 Å². The lowest BCUT2D eigenvalue weighted by molar-refractivity contribution is -0.123. The third kappa shape index (κ3) is 4.24. The first kappa shape index (κ1) is 21.3. The molecule has 10 heteroatoms. The normalized spacial score (nSPS) is 24.0. The predicted octanol–water partition coefficient (Wildman–Crippen LogP) is 2.09. The molecule has 0 spiro atoms. The van der Waals surface area contributed by atoms with Crippen molar-refractivity contribution in [1.29, 1.82) is 0 Å². The summed E-state index contributed by atoms with van der Waals surface area (Å²) in [7, 11) is 0. The van der Waals surface area contributed by atoms with Crippen LogP contribution in [0, 0.1) is 11.8 Å². The van der Waals surface area contributed by atoms with Crippen LogP contribution in [0.5, 0.6) is 11.5 Å². The number of carbonyl (C=O) groups is 2. The molecule has 2 aromatic rings. The Kier molecular flexibility index (Phi) is 5.43. The number of hydrogen-bond donors (Lipinski definition) is 3. The standard InChI is InChI=1S/C23H27N5O5/c1-12-7-13(2)11-28(10-12)23-26-20-19(22(31)27-23)15(9-18(29)25-20)21(30)24-14-3-4-16-17(8-14)33-6-5-32-16/h3-4,8,12-13,15H,5-7,9-11H2,1-2H3,(H,24,30)(H2,25,26,27,29,31). The van der Waals surface area contributed by atoms with Gasteiger partial charge in [-0.25, -0.2) is 0 Å². The van der Waals surface area contributed by atoms with Crippen LogP contribution in [-0.2, 0) is 9.59 Å². The monoisotopic (exact) mass is 453 g/mol. The average molecular weight is 453 g/mol. The van der Waals surface area contributed by atoms with E-state index in [1.54, 1.807) is 18.2 Å². The third-order valence-electron chi connectivity index (χ3n) is 6.23. The van der Waals surface area contributed by atoms with Crippen LogP contribution in [0.2, 0.25) is 0 Å². The van der Waals surface area contributed by atoms with Crippen LogP contribution in [-0.4, -0.2) is 48.1 Å². The number of piperidine rings is 1. The Bertz CT molecular complexity index is 1150. The van der Waals surface area contributed by atoms with Gasteiger partial charge in [-0.1, -0.05) is 13.8 Å². The molecule has 0 bridgehead atoms. The van der Waals surface area contributed by atoms with Crippen LogP contribution in [0.15, 0.2) is 23.0 Å². The number of hydrogen-bond acceptors (Lipinski definition) is 7. The van der Waals surface area contributed by atoms with Crippen LogP contribution >= 0.6 is 0 Å². The van der Waals surface area contributed by atoms with Crippen molar-refractivity contribution in [3.05, 3.63) is 34.1 Å². The van der Waals surface area contributed by atoms with Gasteiger partial charge in [-0.2, -0.15) is 4.98 Å². The Morgan fingerprint density at radius 2 is 1.85 bits per heavy atom. The molecule has 1 fully saturated rings. The van der Waals surface area contributed by atoms with Crippen LogP contribution in [0.4, 0.5) is 17.5 Å². The second-order valence-corrected chi connectivity index (χ2v) is 9.16. The van der Waals surface area contributed by atoms with Crippen LogP contribution in [0.3, 0.4) is 0 Å². The lowest BCUT2D eigenvalue weighted by Gasteiger charge is -2.35. The van der Waals surface area contributed by atoms with E-state index in [2.05, 4.69) is 34.4 Å². The number of nitrogens with zero attached hydrogens (tertiary/aromatic N) is 2. The van der Waals surface area contributed by atoms with Crippen molar-refractivity contribution >= 4 is 29.3 Å². The van der Waals surface area contributed by atoms with E-state index < -0.39 is 17.4 Å². The molecule has 0 saturated carbocycles. The van der Waals surface area contributed by atoms with Gasteiger partial charge in [-0.3, -0.25) is 19.4 Å². The lowest BCUT2D eigenvalue weighted by Crippen LogP contribution is -2.42. The van der Waals surface area contributed by atoms with Gasteiger partial charge in [0.2, 0.25) is 17.8 Å². The maximum Gasteiger partial charge on any atom is 0.258 e. The summed E-state index contributed by atoms with van der Waals surface area (Å²) in [5.74, 6) is 0.891. The number of H-pyrrole nitrogens is 1. The fraction of sp³-hybridized carbons (Fsp3) is 0.478. The summed E-state index contributed by atoms with van der Waals surface area (Å²) in [5.41, 5.74) is 0.254. The van der Waals surface area contributed by atoms with Crippen molar-refractivity contribution in [3.8, 4) is 11.5 Å². The van der Waals surface area contributed by atoms with Crippen molar-refractivity contribution in [3.63, 3.8) is 0 Å². The molecule has 1 aromatic heterocycles. The number of nitrogens with one attached hydrogen (secondary N) is 3. The van der Waals surface area contributed by atoms with E-state index >= 15 is 0 Å². The highest BCUT2D eigenvalue weighted by Crippen LogP contribution is 2.35. The van der Waals surface area contributed by atoms with Gasteiger partial charge in [0.1, 0.15) is 19.0 Å². The van der Waals surface area contributed by atoms with E-state index in [1.807, 2.05) is 4.90 Å². The Morgan fingerprint density at radius 1 is 1.12 bits per heavy atom. The maximum atomic E-state index is 13.1. The predicted molar refractivity (Wildman–Crippen MR) is 122 cm³/mol. The zero-order valence-electron chi connectivity index (χ0n) is 18.6. The molecular formula is C23H27N5O5. The molecule has 3 aliphatic heterocycles. The Morgan fingerprint density at radius 3 is 2.61 bits per heavy atom. The number of fused-ring (bicyclic) bond motifs is 2. The number of ether oxygens (including phenoxy) is 2. The number of anilines is 3. The second kappa shape index (κ2) is 8.42. The van der Waals surface area contributed by atoms with E-state index in [0.717, 1.165) is 19.5 Å². The van der Waals surface area contributed by atoms with Gasteiger partial charge in [-0.05, 0) is 30.4 Å². The molecule has 3 N–H and O–H groups in total. The Labute approximate surface area is 190 Å². The lowest BCUT2D eigenvalue weighted by atomic mass is 9.91. The van der Waals surface area contributed by atoms with E-state index in [9.17, 15) is 14.4 Å². The van der Waals surface area contributed by atoms with Crippen molar-refractivity contribution in [2.75, 3.05) is 41.8 Å². The summed E-state index contributed by atoms with van der Waals surface area (Å²) < 4.78 is 11.1. The van der Waals surface area contributed by atoms with Gasteiger partial charge >= 0.3 is 0 Å². The third-order valence-corrected chi connectivity index (χ3v) is 6.23. The number of aromatic amines is 1. The van der Waals surface area contributed by atoms with Crippen molar-refractivity contribution in [1.82, 2.24) is 9.97 Å². The second-order valence-electron chi connectivity index (χ2n) is 9.16. The number of rotatable bonds is 3. The molecule has 0 aliphatic carbocycles. The van der Waals surface area contributed by atoms with Crippen molar-refractivity contribution in [2.45, 2.75) is 32.6 Å². The number of carbonyl (C=O) groups excluding carboxylic acids is 2. The fourth-order valence-electron chi connectivity index (χ4n) is 4.92. The fourth-order valence-corrected chi connectivity index (χ4v) is 4.92. The number of benzene rings is 1. The summed E-state index contributed by atoms with van der Waals surface area (Å²) in [6, 6.07) is 5.08. The largest absolute Gasteiger partial charge is 0.486 e. The Balaban J connectivity index is 1.42. The first-order chi connectivity index (χ1) is 15.9. The first-order valence-electron chi connectivity index (χ1n) is 11.3. The minimum atomic E-state index is -0.952. The minimum Gasteiger partial charge on any atom is -0.486 e. The molecule has 1 saturated heterocycles. The van der Waals surface area contributed by atoms with Gasteiger partial charge < -0.3 is 25.0 Å². The first-order valence-corrected chi connectivity index (χ1v) is 11.3. The van der Waals surface area contributed by atoms with Gasteiger partial charge in [0.25, 0.3) is 5.56 Å². The van der Waals surface area contributed by atoms with Crippen LogP contribution < -0.4 is 30.6 Å². The van der Waals surface area contributed by atoms with E-state index in [-0.39, 0.29) is 23.7 Å². The molecule has 3 unspecified atom stereocenters. The quantitative estimate of drug-likeness (QED) is 0.650. The molecule has 5 rings (SSSR count). The molecule has 10 nitrogen and oxygen atoms in total. The topological polar surface area (TPSA) is 126 Å². The summed E-state index contributed by atoms with van der Waals surface area (Å²) in [5, 5.41) is 5.47. The summed E-state index contributed by atoms with van der Waals surface area (Å²) >= 11 is 0. The maximum absolute atomic E-state index is 13.1. The van der Waals surface area contributed by atoms with Crippen molar-refractivity contribution in [2.24, 2.45) is 11.8 Å². The molecule has 4 heterocycles. The molecule has 174 valence electrons. The summed E-state index contributed by atoms with van der Waals surface area (Å²) in [6.45, 7) is 6.78. The summed E-state index contributed by atoms with van der Waals surface area (Å²) in [6.07, 6.45) is 0.982. The average Bonchev–Trinajstić information content (AvgIpc) is 2.77. The summed E-state index contributed by atoms with van der Waals surface area (Å²) in [4.78, 5) is 48.0. The van der Waals surface area contributed by atoms with Gasteiger partial charge in [0.05, 0.1) is 11.5 Å². The highest BCUT2D eigenvalue weighted by atomic mass is 16.6. The van der Waals surface area contributed by atoms with Gasteiger partial charge in [0, 0.05) is 31.3 Å². The van der Waals surface area contributed by atoms with E-state index in [1.165, 1.54) is 0 Å². The van der Waals surface area contributed by atoms with Crippen LogP contribution in [0.1, 0.15) is 38.2 Å². The molecule has 33 heavy (non-hydrogen) atoms. The smallest absolute Gasteiger partial charge is 0.258 e. The zero-order valence-corrected chi connectivity index (χ0v) is 18.6. The minimum absolute atomic E-state index is 0.134. The molecule has 1 aromatic carbocycles. The number of amides is 2. The Hall–Kier alpha value is -3.56. The molecule has 3 aliphatic rings. The molecule has 3 atom stereocenters. The molecule has 0 radical (unpaired) electrons. The van der Waals surface area contributed by atoms with E-state index in [4.69, 9.17) is 9.47 Å². The van der Waals surface area contributed by atoms with Gasteiger partial charge in [-0.15, -0.1) is 0 Å². The SMILES string of the molecule is CC1CC(C)CN(c2nc3c(c(=O)[nH]2)C(C(=O)Nc2ccc4c(c2)OCCO4)CC(=O)N3)C1.